The number of rotatable bonds is 6. The zero-order valence-electron chi connectivity index (χ0n) is 12.2. The Kier molecular flexibility index (Phi) is 5.54. The van der Waals surface area contributed by atoms with Crippen LogP contribution in [0.4, 0.5) is 11.4 Å². The van der Waals surface area contributed by atoms with Crippen molar-refractivity contribution in [2.24, 2.45) is 0 Å². The number of carbonyl (C=O) groups excluding carboxylic acids is 1. The summed E-state index contributed by atoms with van der Waals surface area (Å²) >= 11 is 5.90. The molecule has 1 amide bonds. The molecule has 0 fully saturated rings. The molecule has 2 N–H and O–H groups in total. The minimum Gasteiger partial charge on any atom is -0.467 e. The lowest BCUT2D eigenvalue weighted by Crippen LogP contribution is -2.17. The summed E-state index contributed by atoms with van der Waals surface area (Å²) in [5, 5.41) is 25.1. The van der Waals surface area contributed by atoms with Crippen molar-refractivity contribution in [3.63, 3.8) is 0 Å². The van der Waals surface area contributed by atoms with Gasteiger partial charge in [0.25, 0.3) is 11.6 Å². The fourth-order valence-electron chi connectivity index (χ4n) is 1.73. The molecule has 0 saturated heterocycles. The highest BCUT2D eigenvalue weighted by atomic mass is 35.5. The second-order valence-electron chi connectivity index (χ2n) is 4.51. The van der Waals surface area contributed by atoms with Crippen molar-refractivity contribution in [1.82, 2.24) is 5.32 Å². The van der Waals surface area contributed by atoms with Gasteiger partial charge in [-0.3, -0.25) is 14.9 Å². The molecule has 0 unspecified atom stereocenters. The molecule has 1 aromatic heterocycles. The summed E-state index contributed by atoms with van der Waals surface area (Å²) in [7, 11) is 0. The first-order valence-corrected chi connectivity index (χ1v) is 7.00. The Morgan fingerprint density at radius 3 is 2.88 bits per heavy atom. The second-order valence-corrected chi connectivity index (χ2v) is 4.91. The summed E-state index contributed by atoms with van der Waals surface area (Å²) in [4.78, 5) is 22.2. The summed E-state index contributed by atoms with van der Waals surface area (Å²) in [6, 6.07) is 8.80. The van der Waals surface area contributed by atoms with Crippen molar-refractivity contribution in [1.29, 1.82) is 5.26 Å². The van der Waals surface area contributed by atoms with Crippen molar-refractivity contribution in [3.05, 3.63) is 69.3 Å². The number of hydrogen-bond acceptors (Lipinski definition) is 6. The highest BCUT2D eigenvalue weighted by molar-refractivity contribution is 6.34. The van der Waals surface area contributed by atoms with Gasteiger partial charge in [0.15, 0.2) is 0 Å². The summed E-state index contributed by atoms with van der Waals surface area (Å²) in [6.45, 7) is 0.295. The minimum absolute atomic E-state index is 0.0445. The van der Waals surface area contributed by atoms with Crippen LogP contribution in [-0.4, -0.2) is 10.8 Å². The molecular weight excluding hydrogens is 336 g/mol. The van der Waals surface area contributed by atoms with Crippen LogP contribution in [0.5, 0.6) is 0 Å². The van der Waals surface area contributed by atoms with Gasteiger partial charge in [-0.1, -0.05) is 11.6 Å². The highest BCUT2D eigenvalue weighted by Gasteiger charge is 2.14. The zero-order chi connectivity index (χ0) is 17.5. The Labute approximate surface area is 141 Å². The first kappa shape index (κ1) is 17.1. The molecule has 9 heteroatoms. The maximum Gasteiger partial charge on any atom is 0.271 e. The minimum atomic E-state index is -0.744. The van der Waals surface area contributed by atoms with Gasteiger partial charge >= 0.3 is 0 Å². The van der Waals surface area contributed by atoms with Gasteiger partial charge < -0.3 is 15.1 Å². The molecule has 0 spiro atoms. The molecule has 2 rings (SSSR count). The van der Waals surface area contributed by atoms with Crippen molar-refractivity contribution in [2.75, 3.05) is 5.32 Å². The summed E-state index contributed by atoms with van der Waals surface area (Å²) in [6.07, 6.45) is 2.73. The first-order valence-electron chi connectivity index (χ1n) is 6.62. The van der Waals surface area contributed by atoms with Crippen LogP contribution in [0.1, 0.15) is 5.76 Å². The molecule has 0 atom stereocenters. The third-order valence-corrected chi connectivity index (χ3v) is 3.21. The van der Waals surface area contributed by atoms with E-state index in [-0.39, 0.29) is 22.0 Å². The molecule has 0 aliphatic heterocycles. The number of nitrogens with zero attached hydrogens (tertiary/aromatic N) is 2. The molecule has 0 aliphatic rings. The smallest absolute Gasteiger partial charge is 0.271 e. The average molecular weight is 347 g/mol. The molecule has 1 heterocycles. The number of carbonyl (C=O) groups is 1. The van der Waals surface area contributed by atoms with E-state index in [1.165, 1.54) is 24.6 Å². The van der Waals surface area contributed by atoms with E-state index >= 15 is 0 Å². The van der Waals surface area contributed by atoms with Gasteiger partial charge in [-0.2, -0.15) is 5.26 Å². The van der Waals surface area contributed by atoms with E-state index in [4.69, 9.17) is 21.3 Å². The number of benzene rings is 1. The Hall–Kier alpha value is -3.31. The molecule has 0 aliphatic carbocycles. The maximum atomic E-state index is 12.1. The van der Waals surface area contributed by atoms with Crippen LogP contribution in [0.3, 0.4) is 0 Å². The van der Waals surface area contributed by atoms with E-state index in [1.807, 2.05) is 0 Å². The fraction of sp³-hybridized carbons (Fsp3) is 0.0667. The Morgan fingerprint density at radius 1 is 1.46 bits per heavy atom. The van der Waals surface area contributed by atoms with Crippen LogP contribution < -0.4 is 10.6 Å². The van der Waals surface area contributed by atoms with E-state index in [0.717, 1.165) is 6.07 Å². The lowest BCUT2D eigenvalue weighted by atomic mass is 10.2. The van der Waals surface area contributed by atoms with E-state index < -0.39 is 10.8 Å². The molecule has 0 radical (unpaired) electrons. The summed E-state index contributed by atoms with van der Waals surface area (Å²) in [5.41, 5.74) is -0.402. The van der Waals surface area contributed by atoms with E-state index in [9.17, 15) is 14.9 Å². The zero-order valence-corrected chi connectivity index (χ0v) is 12.9. The SMILES string of the molecule is N#C/C(=C/NCc1ccco1)C(=O)Nc1cc([N+](=O)[O-])ccc1Cl. The molecule has 1 aromatic carbocycles. The number of furan rings is 1. The van der Waals surface area contributed by atoms with Gasteiger partial charge in [-0.05, 0) is 18.2 Å². The number of nitro groups is 1. The van der Waals surface area contributed by atoms with Crippen LogP contribution >= 0.6 is 11.6 Å². The lowest BCUT2D eigenvalue weighted by Gasteiger charge is -2.06. The standard InChI is InChI=1S/C15H11ClN4O4/c16-13-4-3-11(20(22)23)6-14(13)19-15(21)10(7-17)8-18-9-12-2-1-5-24-12/h1-6,8,18H,9H2,(H,19,21)/b10-8-. The molecule has 2 aromatic rings. The predicted molar refractivity (Wildman–Crippen MR) is 86.0 cm³/mol. The molecule has 8 nitrogen and oxygen atoms in total. The van der Waals surface area contributed by atoms with Gasteiger partial charge in [-0.15, -0.1) is 0 Å². The number of anilines is 1. The number of hydrogen-bond donors (Lipinski definition) is 2. The number of amides is 1. The first-order chi connectivity index (χ1) is 11.5. The van der Waals surface area contributed by atoms with E-state index in [2.05, 4.69) is 10.6 Å². The monoisotopic (exact) mass is 346 g/mol. The fourth-order valence-corrected chi connectivity index (χ4v) is 1.89. The van der Waals surface area contributed by atoms with Gasteiger partial charge in [0.05, 0.1) is 28.4 Å². The summed E-state index contributed by atoms with van der Waals surface area (Å²) in [5.74, 6) is -0.113. The summed E-state index contributed by atoms with van der Waals surface area (Å²) < 4.78 is 5.10. The lowest BCUT2D eigenvalue weighted by molar-refractivity contribution is -0.384. The third kappa shape index (κ3) is 4.34. The Morgan fingerprint density at radius 2 is 2.25 bits per heavy atom. The van der Waals surface area contributed by atoms with E-state index in [1.54, 1.807) is 18.2 Å². The number of halogens is 1. The normalized spacial score (nSPS) is 10.8. The maximum absolute atomic E-state index is 12.1. The molecule has 122 valence electrons. The number of non-ortho nitro benzene ring substituents is 1. The van der Waals surface area contributed by atoms with Gasteiger partial charge in [0, 0.05) is 18.3 Å². The third-order valence-electron chi connectivity index (χ3n) is 2.88. The van der Waals surface area contributed by atoms with Crippen LogP contribution in [0.25, 0.3) is 0 Å². The van der Waals surface area contributed by atoms with Gasteiger partial charge in [0.1, 0.15) is 17.4 Å². The Balaban J connectivity index is 2.08. The quantitative estimate of drug-likeness (QED) is 0.359. The van der Waals surface area contributed by atoms with Crippen molar-refractivity contribution in [3.8, 4) is 6.07 Å². The number of nitrogens with one attached hydrogen (secondary N) is 2. The Bertz CT molecular complexity index is 824. The molecule has 24 heavy (non-hydrogen) atoms. The predicted octanol–water partition coefficient (Wildman–Crippen LogP) is 2.98. The van der Waals surface area contributed by atoms with Crippen molar-refractivity contribution >= 4 is 28.9 Å². The molecular formula is C15H11ClN4O4. The van der Waals surface area contributed by atoms with Gasteiger partial charge in [-0.25, -0.2) is 0 Å². The largest absolute Gasteiger partial charge is 0.467 e. The highest BCUT2D eigenvalue weighted by Crippen LogP contribution is 2.26. The molecule has 0 bridgehead atoms. The van der Waals surface area contributed by atoms with Crippen LogP contribution in [0.2, 0.25) is 5.02 Å². The molecule has 0 saturated carbocycles. The van der Waals surface area contributed by atoms with Crippen molar-refractivity contribution in [2.45, 2.75) is 6.54 Å². The van der Waals surface area contributed by atoms with Gasteiger partial charge in [0.2, 0.25) is 0 Å². The topological polar surface area (TPSA) is 121 Å². The van der Waals surface area contributed by atoms with Crippen LogP contribution in [0, 0.1) is 21.4 Å². The van der Waals surface area contributed by atoms with E-state index in [0.29, 0.717) is 12.3 Å². The number of nitriles is 1. The van der Waals surface area contributed by atoms with Crippen molar-refractivity contribution < 1.29 is 14.1 Å². The van der Waals surface area contributed by atoms with Crippen LogP contribution in [-0.2, 0) is 11.3 Å². The van der Waals surface area contributed by atoms with Crippen LogP contribution in [0.15, 0.2) is 52.8 Å². The number of nitro benzene ring substituents is 1. The second kappa shape index (κ2) is 7.80. The average Bonchev–Trinajstić information content (AvgIpc) is 3.06.